The molecule has 1 aromatic carbocycles. The van der Waals surface area contributed by atoms with Crippen molar-refractivity contribution < 1.29 is 9.53 Å². The van der Waals surface area contributed by atoms with Crippen LogP contribution < -0.4 is 21.3 Å². The zero-order valence-corrected chi connectivity index (χ0v) is 11.2. The molecule has 0 aliphatic carbocycles. The normalized spacial score (nSPS) is 9.95. The monoisotopic (exact) mass is 273 g/mol. The number of methoxy groups -OCH3 is 1. The number of amides is 1. The summed E-state index contributed by atoms with van der Waals surface area (Å²) < 4.78 is 5.11. The van der Waals surface area contributed by atoms with E-state index in [2.05, 4.69) is 20.9 Å². The third-order valence-corrected chi connectivity index (χ3v) is 2.73. The number of carbonyl (C=O) groups is 1. The topological polar surface area (TPSA) is 102 Å². The molecule has 1 amide bonds. The number of ether oxygens (including phenoxy) is 1. The standard InChI is InChI=1S/C13H15N5O2/c1-8-7-9(20-2)3-4-10(8)15-13(19)11-5-6-12(16-14)18-17-11/h3-7H,14H2,1-2H3,(H,15,19)(H,16,18). The summed E-state index contributed by atoms with van der Waals surface area (Å²) in [7, 11) is 1.59. The van der Waals surface area contributed by atoms with Gasteiger partial charge in [0.05, 0.1) is 7.11 Å². The fourth-order valence-electron chi connectivity index (χ4n) is 1.62. The van der Waals surface area contributed by atoms with E-state index in [1.807, 2.05) is 13.0 Å². The number of carbonyl (C=O) groups excluding carboxylic acids is 1. The molecule has 0 aliphatic heterocycles. The number of aryl methyl sites for hydroxylation is 1. The number of benzene rings is 1. The molecule has 0 saturated heterocycles. The van der Waals surface area contributed by atoms with Gasteiger partial charge in [0.2, 0.25) is 0 Å². The van der Waals surface area contributed by atoms with Crippen molar-refractivity contribution in [1.29, 1.82) is 0 Å². The van der Waals surface area contributed by atoms with Crippen LogP contribution in [0.3, 0.4) is 0 Å². The second kappa shape index (κ2) is 5.98. The molecule has 1 aromatic heterocycles. The van der Waals surface area contributed by atoms with Crippen LogP contribution in [0, 0.1) is 6.92 Å². The zero-order chi connectivity index (χ0) is 14.5. The molecule has 0 fully saturated rings. The van der Waals surface area contributed by atoms with E-state index in [0.29, 0.717) is 11.5 Å². The van der Waals surface area contributed by atoms with Crippen LogP contribution in [0.25, 0.3) is 0 Å². The Morgan fingerprint density at radius 3 is 2.60 bits per heavy atom. The molecular weight excluding hydrogens is 258 g/mol. The van der Waals surface area contributed by atoms with Gasteiger partial charge in [0.1, 0.15) is 5.75 Å². The molecule has 0 radical (unpaired) electrons. The summed E-state index contributed by atoms with van der Waals surface area (Å²) in [5.41, 5.74) is 4.14. The first-order valence-electron chi connectivity index (χ1n) is 5.90. The average molecular weight is 273 g/mol. The van der Waals surface area contributed by atoms with E-state index in [4.69, 9.17) is 10.6 Å². The Bertz CT molecular complexity index is 613. The van der Waals surface area contributed by atoms with Crippen molar-refractivity contribution in [2.24, 2.45) is 5.84 Å². The van der Waals surface area contributed by atoms with Crippen molar-refractivity contribution in [3.63, 3.8) is 0 Å². The van der Waals surface area contributed by atoms with Gasteiger partial charge in [0.15, 0.2) is 11.5 Å². The summed E-state index contributed by atoms with van der Waals surface area (Å²) in [6.07, 6.45) is 0. The largest absolute Gasteiger partial charge is 0.497 e. The van der Waals surface area contributed by atoms with Gasteiger partial charge in [-0.25, -0.2) is 5.84 Å². The highest BCUT2D eigenvalue weighted by molar-refractivity contribution is 6.03. The molecule has 104 valence electrons. The molecule has 20 heavy (non-hydrogen) atoms. The fourth-order valence-corrected chi connectivity index (χ4v) is 1.62. The van der Waals surface area contributed by atoms with Crippen LogP contribution in [0.2, 0.25) is 0 Å². The number of nitrogen functional groups attached to an aromatic ring is 1. The SMILES string of the molecule is COc1ccc(NC(=O)c2ccc(NN)nn2)c(C)c1. The van der Waals surface area contributed by atoms with Gasteiger partial charge in [-0.3, -0.25) is 4.79 Å². The number of hydrazine groups is 1. The molecule has 2 aromatic rings. The maximum absolute atomic E-state index is 12.0. The lowest BCUT2D eigenvalue weighted by Crippen LogP contribution is -2.16. The Hall–Kier alpha value is -2.67. The molecule has 0 spiro atoms. The minimum absolute atomic E-state index is 0.208. The fraction of sp³-hybridized carbons (Fsp3) is 0.154. The minimum atomic E-state index is -0.339. The predicted molar refractivity (Wildman–Crippen MR) is 75.5 cm³/mol. The van der Waals surface area contributed by atoms with Gasteiger partial charge in [0, 0.05) is 5.69 Å². The van der Waals surface area contributed by atoms with Crippen molar-refractivity contribution in [1.82, 2.24) is 10.2 Å². The van der Waals surface area contributed by atoms with Crippen LogP contribution in [-0.2, 0) is 0 Å². The van der Waals surface area contributed by atoms with Crippen LogP contribution >= 0.6 is 0 Å². The van der Waals surface area contributed by atoms with Gasteiger partial charge >= 0.3 is 0 Å². The molecule has 1 heterocycles. The second-order valence-corrected chi connectivity index (χ2v) is 4.08. The second-order valence-electron chi connectivity index (χ2n) is 4.08. The summed E-state index contributed by atoms with van der Waals surface area (Å²) in [4.78, 5) is 12.0. The lowest BCUT2D eigenvalue weighted by atomic mass is 10.2. The first-order chi connectivity index (χ1) is 9.63. The summed E-state index contributed by atoms with van der Waals surface area (Å²) in [6.45, 7) is 1.88. The lowest BCUT2D eigenvalue weighted by Gasteiger charge is -2.09. The van der Waals surface area contributed by atoms with E-state index in [1.54, 1.807) is 25.3 Å². The summed E-state index contributed by atoms with van der Waals surface area (Å²) in [5.74, 6) is 5.97. The number of anilines is 2. The van der Waals surface area contributed by atoms with Gasteiger partial charge in [-0.2, -0.15) is 0 Å². The Morgan fingerprint density at radius 1 is 1.25 bits per heavy atom. The number of rotatable bonds is 4. The Morgan fingerprint density at radius 2 is 2.05 bits per heavy atom. The molecule has 7 nitrogen and oxygen atoms in total. The van der Waals surface area contributed by atoms with Gasteiger partial charge < -0.3 is 15.5 Å². The van der Waals surface area contributed by atoms with Gasteiger partial charge in [-0.15, -0.1) is 10.2 Å². The molecule has 0 bridgehead atoms. The lowest BCUT2D eigenvalue weighted by molar-refractivity contribution is 0.102. The van der Waals surface area contributed by atoms with E-state index in [1.165, 1.54) is 6.07 Å². The quantitative estimate of drug-likeness (QED) is 0.573. The minimum Gasteiger partial charge on any atom is -0.497 e. The molecule has 2 rings (SSSR count). The molecule has 0 saturated carbocycles. The highest BCUT2D eigenvalue weighted by atomic mass is 16.5. The third kappa shape index (κ3) is 3.01. The van der Waals surface area contributed by atoms with Gasteiger partial charge in [-0.1, -0.05) is 0 Å². The number of nitrogens with one attached hydrogen (secondary N) is 2. The molecular formula is C13H15N5O2. The van der Waals surface area contributed by atoms with Crippen molar-refractivity contribution in [3.8, 4) is 5.75 Å². The number of nitrogens with two attached hydrogens (primary N) is 1. The highest BCUT2D eigenvalue weighted by Crippen LogP contribution is 2.21. The van der Waals surface area contributed by atoms with Crippen molar-refractivity contribution in [2.45, 2.75) is 6.92 Å². The Balaban J connectivity index is 2.14. The molecule has 0 atom stereocenters. The van der Waals surface area contributed by atoms with E-state index in [-0.39, 0.29) is 11.6 Å². The average Bonchev–Trinajstić information content (AvgIpc) is 2.49. The third-order valence-electron chi connectivity index (χ3n) is 2.73. The van der Waals surface area contributed by atoms with Gasteiger partial charge in [-0.05, 0) is 42.8 Å². The highest BCUT2D eigenvalue weighted by Gasteiger charge is 2.10. The maximum atomic E-state index is 12.0. The van der Waals surface area contributed by atoms with Crippen LogP contribution in [0.1, 0.15) is 16.1 Å². The Labute approximate surface area is 116 Å². The van der Waals surface area contributed by atoms with Crippen LogP contribution in [0.5, 0.6) is 5.75 Å². The number of nitrogens with zero attached hydrogens (tertiary/aromatic N) is 2. The summed E-state index contributed by atoms with van der Waals surface area (Å²) in [5, 5.41) is 10.3. The Kier molecular flexibility index (Phi) is 4.11. The number of hydrogen-bond donors (Lipinski definition) is 3. The van der Waals surface area contributed by atoms with E-state index in [0.717, 1.165) is 11.3 Å². The first kappa shape index (κ1) is 13.8. The van der Waals surface area contributed by atoms with E-state index in [9.17, 15) is 4.79 Å². The number of hydrogen-bond acceptors (Lipinski definition) is 6. The van der Waals surface area contributed by atoms with Crippen LogP contribution in [-0.4, -0.2) is 23.2 Å². The molecule has 7 heteroatoms. The van der Waals surface area contributed by atoms with Crippen LogP contribution in [0.4, 0.5) is 11.5 Å². The maximum Gasteiger partial charge on any atom is 0.276 e. The van der Waals surface area contributed by atoms with Crippen molar-refractivity contribution in [2.75, 3.05) is 17.9 Å². The molecule has 0 aliphatic rings. The zero-order valence-electron chi connectivity index (χ0n) is 11.2. The van der Waals surface area contributed by atoms with Gasteiger partial charge in [0.25, 0.3) is 5.91 Å². The van der Waals surface area contributed by atoms with E-state index >= 15 is 0 Å². The first-order valence-corrected chi connectivity index (χ1v) is 5.90. The molecule has 0 unspecified atom stereocenters. The van der Waals surface area contributed by atoms with Crippen molar-refractivity contribution in [3.05, 3.63) is 41.6 Å². The molecule has 4 N–H and O–H groups in total. The summed E-state index contributed by atoms with van der Waals surface area (Å²) >= 11 is 0. The van der Waals surface area contributed by atoms with Crippen molar-refractivity contribution >= 4 is 17.4 Å². The van der Waals surface area contributed by atoms with E-state index < -0.39 is 0 Å². The predicted octanol–water partition coefficient (Wildman–Crippen LogP) is 1.33. The van der Waals surface area contributed by atoms with Crippen LogP contribution in [0.15, 0.2) is 30.3 Å². The number of aromatic nitrogens is 2. The summed E-state index contributed by atoms with van der Waals surface area (Å²) in [6, 6.07) is 8.49. The smallest absolute Gasteiger partial charge is 0.276 e.